The monoisotopic (exact) mass is 906 g/mol. The molecule has 0 saturated heterocycles. The smallest absolute Gasteiger partial charge is 0.252 e. The number of hydrogen-bond donors (Lipinski definition) is 0. The van der Waals surface area contributed by atoms with Crippen molar-refractivity contribution in [1.82, 2.24) is 0 Å². The second-order valence-electron chi connectivity index (χ2n) is 25.5. The molecule has 1 fully saturated rings. The van der Waals surface area contributed by atoms with E-state index in [9.17, 15) is 0 Å². The fourth-order valence-electron chi connectivity index (χ4n) is 12.6. The predicted octanol–water partition coefficient (Wildman–Crippen LogP) is 16.0. The third-order valence-electron chi connectivity index (χ3n) is 17.0. The van der Waals surface area contributed by atoms with E-state index in [-0.39, 0.29) is 39.3 Å². The van der Waals surface area contributed by atoms with Crippen molar-refractivity contribution in [3.8, 4) is 11.1 Å². The molecule has 4 aliphatic rings. The summed E-state index contributed by atoms with van der Waals surface area (Å²) in [5.41, 5.74) is 23.4. The van der Waals surface area contributed by atoms with Gasteiger partial charge in [0.25, 0.3) is 6.71 Å². The van der Waals surface area contributed by atoms with Crippen LogP contribution in [0.4, 0.5) is 45.5 Å². The summed E-state index contributed by atoms with van der Waals surface area (Å²) in [6.07, 6.45) is 3.59. The van der Waals surface area contributed by atoms with Crippen LogP contribution in [0.25, 0.3) is 11.1 Å². The Morgan fingerprint density at radius 3 is 1.62 bits per heavy atom. The van der Waals surface area contributed by atoms with Crippen LogP contribution in [0.15, 0.2) is 146 Å². The topological polar surface area (TPSA) is 9.72 Å². The van der Waals surface area contributed by atoms with Gasteiger partial charge in [0.15, 0.2) is 0 Å². The van der Waals surface area contributed by atoms with Crippen molar-refractivity contribution in [2.75, 3.05) is 14.7 Å². The van der Waals surface area contributed by atoms with Crippen LogP contribution in [0, 0.1) is 0 Å². The average Bonchev–Trinajstić information content (AvgIpc) is 3.71. The molecule has 2 atom stereocenters. The number of rotatable bonds is 4. The molecule has 1 saturated carbocycles. The van der Waals surface area contributed by atoms with Crippen LogP contribution < -0.4 is 31.1 Å². The summed E-state index contributed by atoms with van der Waals surface area (Å²) in [5, 5.41) is 0. The quantitative estimate of drug-likeness (QED) is 0.163. The highest BCUT2D eigenvalue weighted by atomic mass is 15.3. The number of anilines is 8. The summed E-state index contributed by atoms with van der Waals surface area (Å²) in [6, 6.07) is 57.1. The fraction of sp³-hybridized carbons (Fsp3) is 0.354. The van der Waals surface area contributed by atoms with Gasteiger partial charge in [-0.25, -0.2) is 0 Å². The van der Waals surface area contributed by atoms with Crippen molar-refractivity contribution in [2.45, 2.75) is 149 Å². The molecule has 11 rings (SSSR count). The van der Waals surface area contributed by atoms with Crippen LogP contribution in [-0.2, 0) is 27.1 Å². The van der Waals surface area contributed by atoms with Crippen molar-refractivity contribution in [2.24, 2.45) is 0 Å². The summed E-state index contributed by atoms with van der Waals surface area (Å²) in [5.74, 6) is 0. The molecule has 0 N–H and O–H groups in total. The number of nitrogens with zero attached hydrogens (tertiary/aromatic N) is 3. The van der Waals surface area contributed by atoms with Gasteiger partial charge in [-0.1, -0.05) is 181 Å². The first kappa shape index (κ1) is 45.4. The van der Waals surface area contributed by atoms with E-state index in [1.54, 1.807) is 0 Å². The van der Waals surface area contributed by atoms with Crippen molar-refractivity contribution >= 4 is 68.6 Å². The molecule has 3 heterocycles. The van der Waals surface area contributed by atoms with Gasteiger partial charge in [-0.2, -0.15) is 0 Å². The Morgan fingerprint density at radius 1 is 0.420 bits per heavy atom. The molecular weight excluding hydrogens is 834 g/mol. The van der Waals surface area contributed by atoms with E-state index in [4.69, 9.17) is 0 Å². The Kier molecular flexibility index (Phi) is 10.0. The molecule has 3 nitrogen and oxygen atoms in total. The van der Waals surface area contributed by atoms with Crippen LogP contribution >= 0.6 is 0 Å². The second kappa shape index (κ2) is 15.3. The predicted molar refractivity (Wildman–Crippen MR) is 299 cm³/mol. The SMILES string of the molecule is CC(C)(C)c1ccc(N2c3cc(N4c5ccc(C(C)(C)C)cc5C5(C)CCCC45C)ccc3B3c4ccccc4N(c4ccc(C(C)(C)C)cc4-c4ccccc4)c4cc(C(C)(C)C)cc2c43)cc1. The average molecular weight is 906 g/mol. The molecule has 7 aromatic carbocycles. The summed E-state index contributed by atoms with van der Waals surface area (Å²) >= 11 is 0. The van der Waals surface area contributed by atoms with Crippen LogP contribution in [0.1, 0.15) is 144 Å². The van der Waals surface area contributed by atoms with Gasteiger partial charge in [0.1, 0.15) is 0 Å². The van der Waals surface area contributed by atoms with E-state index < -0.39 is 0 Å². The maximum Gasteiger partial charge on any atom is 0.252 e. The Balaban J connectivity index is 1.20. The van der Waals surface area contributed by atoms with E-state index in [0.29, 0.717) is 0 Å². The van der Waals surface area contributed by atoms with Crippen LogP contribution in [0.5, 0.6) is 0 Å². The van der Waals surface area contributed by atoms with Gasteiger partial charge >= 0.3 is 0 Å². The number of hydrogen-bond acceptors (Lipinski definition) is 3. The van der Waals surface area contributed by atoms with E-state index in [1.807, 2.05) is 0 Å². The first-order valence-corrected chi connectivity index (χ1v) is 25.8. The maximum atomic E-state index is 2.76. The molecule has 0 amide bonds. The first-order chi connectivity index (χ1) is 32.5. The third kappa shape index (κ3) is 6.97. The second-order valence-corrected chi connectivity index (χ2v) is 25.5. The van der Waals surface area contributed by atoms with E-state index in [2.05, 4.69) is 257 Å². The lowest BCUT2D eigenvalue weighted by Gasteiger charge is -2.46. The molecule has 0 spiro atoms. The van der Waals surface area contributed by atoms with E-state index >= 15 is 0 Å². The summed E-state index contributed by atoms with van der Waals surface area (Å²) in [7, 11) is 0. The minimum atomic E-state index is -0.126. The molecule has 69 heavy (non-hydrogen) atoms. The molecule has 0 aromatic heterocycles. The number of benzene rings is 7. The molecule has 350 valence electrons. The third-order valence-corrected chi connectivity index (χ3v) is 17.0. The minimum absolute atomic E-state index is 0.00972. The number of para-hydroxylation sites is 1. The van der Waals surface area contributed by atoms with Crippen molar-refractivity contribution in [3.05, 3.63) is 173 Å². The van der Waals surface area contributed by atoms with E-state index in [1.165, 1.54) is 114 Å². The van der Waals surface area contributed by atoms with Crippen molar-refractivity contribution in [1.29, 1.82) is 0 Å². The molecule has 0 bridgehead atoms. The zero-order chi connectivity index (χ0) is 48.8. The largest absolute Gasteiger partial charge is 0.334 e. The molecular formula is C65H72BN3. The summed E-state index contributed by atoms with van der Waals surface area (Å²) < 4.78 is 0. The van der Waals surface area contributed by atoms with Gasteiger partial charge in [-0.3, -0.25) is 0 Å². The molecule has 4 heteroatoms. The first-order valence-electron chi connectivity index (χ1n) is 25.8. The van der Waals surface area contributed by atoms with Gasteiger partial charge in [0, 0.05) is 50.8 Å². The molecule has 7 aromatic rings. The zero-order valence-corrected chi connectivity index (χ0v) is 43.9. The van der Waals surface area contributed by atoms with Gasteiger partial charge in [-0.15, -0.1) is 0 Å². The standard InChI is InChI=1S/C65H72BN3/c1-60(2,3)43-25-29-47(30-26-43)67-56-41-48(69-54-34-28-45(62(7,8)9)38-50(54)64(13)35-20-36-65(64,69)14)31-32-52(56)66-51-23-18-19-24-55(51)68(58-40-46(63(10,11)12)39-57(67)59(58)66)53-33-27-44(61(4,5)6)37-49(53)42-21-16-15-17-22-42/h15-19,21-34,37-41H,20,35-36H2,1-14H3. The Bertz CT molecular complexity index is 3170. The van der Waals surface area contributed by atoms with Crippen molar-refractivity contribution < 1.29 is 0 Å². The molecule has 0 radical (unpaired) electrons. The summed E-state index contributed by atoms with van der Waals surface area (Å²) in [6.45, 7) is 33.2. The maximum absolute atomic E-state index is 2.76. The Labute approximate surface area is 414 Å². The highest BCUT2D eigenvalue weighted by Gasteiger charge is 2.60. The van der Waals surface area contributed by atoms with Gasteiger partial charge in [0.05, 0.1) is 11.2 Å². The molecule has 3 aliphatic heterocycles. The van der Waals surface area contributed by atoms with E-state index in [0.717, 1.165) is 6.42 Å². The Hall–Kier alpha value is -6.00. The lowest BCUT2D eigenvalue weighted by atomic mass is 9.33. The lowest BCUT2D eigenvalue weighted by Crippen LogP contribution is -2.61. The zero-order valence-electron chi connectivity index (χ0n) is 43.9. The van der Waals surface area contributed by atoms with Crippen LogP contribution in [-0.4, -0.2) is 12.3 Å². The highest BCUT2D eigenvalue weighted by molar-refractivity contribution is 7.00. The fourth-order valence-corrected chi connectivity index (χ4v) is 12.6. The molecule has 1 aliphatic carbocycles. The normalized spacial score (nSPS) is 19.6. The minimum Gasteiger partial charge on any atom is -0.334 e. The van der Waals surface area contributed by atoms with Crippen LogP contribution in [0.2, 0.25) is 0 Å². The van der Waals surface area contributed by atoms with Gasteiger partial charge < -0.3 is 14.7 Å². The highest BCUT2D eigenvalue weighted by Crippen LogP contribution is 2.63. The number of fused-ring (bicyclic) bond motifs is 7. The summed E-state index contributed by atoms with van der Waals surface area (Å²) in [4.78, 5) is 8.01. The van der Waals surface area contributed by atoms with Crippen molar-refractivity contribution in [3.63, 3.8) is 0 Å². The van der Waals surface area contributed by atoms with Gasteiger partial charge in [-0.05, 0) is 152 Å². The lowest BCUT2D eigenvalue weighted by molar-refractivity contribution is 0.330. The molecule has 2 unspecified atom stereocenters. The van der Waals surface area contributed by atoms with Gasteiger partial charge in [0.2, 0.25) is 0 Å². The Morgan fingerprint density at radius 2 is 0.971 bits per heavy atom. The van der Waals surface area contributed by atoms with Crippen LogP contribution in [0.3, 0.4) is 0 Å².